The van der Waals surface area contributed by atoms with Crippen molar-refractivity contribution in [1.29, 1.82) is 0 Å². The normalized spacial score (nSPS) is 10.8. The molecule has 0 bridgehead atoms. The van der Waals surface area contributed by atoms with E-state index in [-0.39, 0.29) is 6.61 Å². The Balaban J connectivity index is 2.39. The Labute approximate surface area is 106 Å². The molecule has 3 nitrogen and oxygen atoms in total. The van der Waals surface area contributed by atoms with Crippen molar-refractivity contribution in [3.05, 3.63) is 52.1 Å². The number of aryl methyl sites for hydroxylation is 1. The van der Waals surface area contributed by atoms with E-state index in [0.29, 0.717) is 12.4 Å². The molecule has 1 N–H and O–H groups in total. The average molecular weight is 251 g/mol. The van der Waals surface area contributed by atoms with Crippen molar-refractivity contribution in [3.63, 3.8) is 0 Å². The summed E-state index contributed by atoms with van der Waals surface area (Å²) < 4.78 is 2.00. The van der Waals surface area contributed by atoms with Gasteiger partial charge in [0.15, 0.2) is 0 Å². The highest BCUT2D eigenvalue weighted by Crippen LogP contribution is 2.19. The number of imidazole rings is 1. The van der Waals surface area contributed by atoms with Gasteiger partial charge in [-0.05, 0) is 25.5 Å². The summed E-state index contributed by atoms with van der Waals surface area (Å²) in [6.07, 6.45) is 0. The van der Waals surface area contributed by atoms with Crippen LogP contribution in [0.1, 0.15) is 22.8 Å². The van der Waals surface area contributed by atoms with E-state index in [4.69, 9.17) is 11.6 Å². The first-order valence-corrected chi connectivity index (χ1v) is 5.88. The van der Waals surface area contributed by atoms with Gasteiger partial charge in [-0.3, -0.25) is 0 Å². The van der Waals surface area contributed by atoms with Gasteiger partial charge in [0.1, 0.15) is 12.4 Å². The SMILES string of the molecule is Cc1nc(CO)n(Cc2ccccc2Cl)c1C. The van der Waals surface area contributed by atoms with Gasteiger partial charge < -0.3 is 9.67 Å². The lowest BCUT2D eigenvalue weighted by Crippen LogP contribution is -2.07. The third-order valence-corrected chi connectivity index (χ3v) is 3.33. The zero-order chi connectivity index (χ0) is 12.4. The van der Waals surface area contributed by atoms with Crippen molar-refractivity contribution < 1.29 is 5.11 Å². The number of rotatable bonds is 3. The molecule has 1 aromatic carbocycles. The first-order chi connectivity index (χ1) is 8.13. The number of hydrogen-bond donors (Lipinski definition) is 1. The predicted octanol–water partition coefficient (Wildman–Crippen LogP) is 2.69. The molecule has 1 aromatic heterocycles. The van der Waals surface area contributed by atoms with E-state index in [0.717, 1.165) is 22.0 Å². The number of hydrogen-bond acceptors (Lipinski definition) is 2. The molecular weight excluding hydrogens is 236 g/mol. The van der Waals surface area contributed by atoms with Crippen LogP contribution >= 0.6 is 11.6 Å². The molecule has 0 atom stereocenters. The number of nitrogens with zero attached hydrogens (tertiary/aromatic N) is 2. The fourth-order valence-corrected chi connectivity index (χ4v) is 2.05. The Kier molecular flexibility index (Phi) is 3.50. The Morgan fingerprint density at radius 2 is 2.00 bits per heavy atom. The van der Waals surface area contributed by atoms with Crippen LogP contribution in [-0.4, -0.2) is 14.7 Å². The van der Waals surface area contributed by atoms with E-state index in [1.54, 1.807) is 0 Å². The molecule has 2 rings (SSSR count). The second-order valence-electron chi connectivity index (χ2n) is 4.03. The van der Waals surface area contributed by atoms with Crippen LogP contribution in [0.2, 0.25) is 5.02 Å². The average Bonchev–Trinajstić information content (AvgIpc) is 2.59. The molecule has 1 heterocycles. The summed E-state index contributed by atoms with van der Waals surface area (Å²) in [5, 5.41) is 10.0. The molecular formula is C13H15ClN2O. The summed E-state index contributed by atoms with van der Waals surface area (Å²) in [5.41, 5.74) is 3.04. The molecule has 0 amide bonds. The first kappa shape index (κ1) is 12.1. The number of benzene rings is 1. The molecule has 17 heavy (non-hydrogen) atoms. The Morgan fingerprint density at radius 1 is 1.29 bits per heavy atom. The van der Waals surface area contributed by atoms with Crippen LogP contribution < -0.4 is 0 Å². The van der Waals surface area contributed by atoms with Gasteiger partial charge >= 0.3 is 0 Å². The van der Waals surface area contributed by atoms with Gasteiger partial charge in [-0.15, -0.1) is 0 Å². The predicted molar refractivity (Wildman–Crippen MR) is 68.2 cm³/mol. The fourth-order valence-electron chi connectivity index (χ4n) is 1.85. The van der Waals surface area contributed by atoms with Crippen LogP contribution in [0.4, 0.5) is 0 Å². The molecule has 4 heteroatoms. The molecule has 0 saturated heterocycles. The van der Waals surface area contributed by atoms with Crippen LogP contribution in [0.3, 0.4) is 0 Å². The van der Waals surface area contributed by atoms with Crippen LogP contribution in [0.15, 0.2) is 24.3 Å². The highest BCUT2D eigenvalue weighted by atomic mass is 35.5. The van der Waals surface area contributed by atoms with Crippen molar-refractivity contribution in [3.8, 4) is 0 Å². The summed E-state index contributed by atoms with van der Waals surface area (Å²) in [6, 6.07) is 7.72. The smallest absolute Gasteiger partial charge is 0.135 e. The zero-order valence-electron chi connectivity index (χ0n) is 9.94. The monoisotopic (exact) mass is 250 g/mol. The second kappa shape index (κ2) is 4.90. The van der Waals surface area contributed by atoms with Gasteiger partial charge in [-0.2, -0.15) is 0 Å². The lowest BCUT2D eigenvalue weighted by molar-refractivity contribution is 0.265. The quantitative estimate of drug-likeness (QED) is 0.910. The van der Waals surface area contributed by atoms with Crippen molar-refractivity contribution in [2.45, 2.75) is 27.0 Å². The first-order valence-electron chi connectivity index (χ1n) is 5.50. The number of aliphatic hydroxyl groups excluding tert-OH is 1. The van der Waals surface area contributed by atoms with E-state index < -0.39 is 0 Å². The molecule has 0 aliphatic rings. The van der Waals surface area contributed by atoms with Crippen molar-refractivity contribution in [2.24, 2.45) is 0 Å². The van der Waals surface area contributed by atoms with E-state index in [1.807, 2.05) is 42.7 Å². The Morgan fingerprint density at radius 3 is 2.65 bits per heavy atom. The van der Waals surface area contributed by atoms with Gasteiger partial charge in [0.2, 0.25) is 0 Å². The van der Waals surface area contributed by atoms with Crippen molar-refractivity contribution in [1.82, 2.24) is 9.55 Å². The standard InChI is InChI=1S/C13H15ClN2O/c1-9-10(2)16(13(8-17)15-9)7-11-5-3-4-6-12(11)14/h3-6,17H,7-8H2,1-2H3. The minimum atomic E-state index is -0.0564. The summed E-state index contributed by atoms with van der Waals surface area (Å²) in [7, 11) is 0. The van der Waals surface area contributed by atoms with E-state index in [1.165, 1.54) is 0 Å². The second-order valence-corrected chi connectivity index (χ2v) is 4.44. The highest BCUT2D eigenvalue weighted by molar-refractivity contribution is 6.31. The molecule has 0 unspecified atom stereocenters. The molecule has 0 aliphatic heterocycles. The van der Waals surface area contributed by atoms with Crippen molar-refractivity contribution >= 4 is 11.6 Å². The Bertz CT molecular complexity index is 534. The maximum absolute atomic E-state index is 9.29. The van der Waals surface area contributed by atoms with Crippen LogP contribution in [0.25, 0.3) is 0 Å². The largest absolute Gasteiger partial charge is 0.388 e. The molecule has 0 radical (unpaired) electrons. The maximum Gasteiger partial charge on any atom is 0.135 e. The topological polar surface area (TPSA) is 38.1 Å². The minimum absolute atomic E-state index is 0.0564. The van der Waals surface area contributed by atoms with Gasteiger partial charge in [0.05, 0.1) is 12.2 Å². The minimum Gasteiger partial charge on any atom is -0.388 e. The number of aliphatic hydroxyl groups is 1. The summed E-state index contributed by atoms with van der Waals surface area (Å²) >= 11 is 6.13. The highest BCUT2D eigenvalue weighted by Gasteiger charge is 2.11. The lowest BCUT2D eigenvalue weighted by atomic mass is 10.2. The fraction of sp³-hybridized carbons (Fsp3) is 0.308. The molecule has 0 saturated carbocycles. The molecule has 2 aromatic rings. The third-order valence-electron chi connectivity index (χ3n) is 2.96. The van der Waals surface area contributed by atoms with Crippen LogP contribution in [0.5, 0.6) is 0 Å². The van der Waals surface area contributed by atoms with Gasteiger partial charge in [-0.1, -0.05) is 29.8 Å². The molecule has 0 aliphatic carbocycles. The lowest BCUT2D eigenvalue weighted by Gasteiger charge is -2.10. The molecule has 0 spiro atoms. The van der Waals surface area contributed by atoms with Crippen molar-refractivity contribution in [2.75, 3.05) is 0 Å². The molecule has 0 fully saturated rings. The molecule has 90 valence electrons. The van der Waals surface area contributed by atoms with E-state index in [9.17, 15) is 5.11 Å². The zero-order valence-corrected chi connectivity index (χ0v) is 10.7. The third kappa shape index (κ3) is 2.35. The van der Waals surface area contributed by atoms with Gasteiger partial charge in [-0.25, -0.2) is 4.98 Å². The van der Waals surface area contributed by atoms with Gasteiger partial charge in [0.25, 0.3) is 0 Å². The van der Waals surface area contributed by atoms with E-state index in [2.05, 4.69) is 4.98 Å². The Hall–Kier alpha value is -1.32. The van der Waals surface area contributed by atoms with Crippen LogP contribution in [-0.2, 0) is 13.2 Å². The van der Waals surface area contributed by atoms with E-state index >= 15 is 0 Å². The number of halogens is 1. The summed E-state index contributed by atoms with van der Waals surface area (Å²) in [5.74, 6) is 0.680. The summed E-state index contributed by atoms with van der Waals surface area (Å²) in [6.45, 7) is 4.53. The van der Waals surface area contributed by atoms with Crippen LogP contribution in [0, 0.1) is 13.8 Å². The number of aromatic nitrogens is 2. The maximum atomic E-state index is 9.29. The summed E-state index contributed by atoms with van der Waals surface area (Å²) in [4.78, 5) is 4.32. The van der Waals surface area contributed by atoms with Gasteiger partial charge in [0, 0.05) is 10.7 Å².